The lowest BCUT2D eigenvalue weighted by molar-refractivity contribution is -0.122. The number of fused-ring (bicyclic) bond motifs is 1. The standard InChI is InChI=1S/C19H24ClFN4O/c1-22-17(26)12-25-9-6-13(7-10-25)11-24(2)16-4-3-14-15(20)5-8-23-19(14)18(16)21/h3-5,8,13H,6-7,9-12H2,1-2H3,(H,22,26). The molecule has 1 aliphatic rings. The molecule has 26 heavy (non-hydrogen) atoms. The summed E-state index contributed by atoms with van der Waals surface area (Å²) in [4.78, 5) is 19.7. The molecule has 1 amide bonds. The number of halogens is 2. The van der Waals surface area contributed by atoms with Gasteiger partial charge in [-0.25, -0.2) is 4.39 Å². The van der Waals surface area contributed by atoms with Crippen LogP contribution in [0.25, 0.3) is 10.9 Å². The van der Waals surface area contributed by atoms with Crippen molar-refractivity contribution in [2.24, 2.45) is 5.92 Å². The predicted octanol–water partition coefficient (Wildman–Crippen LogP) is 2.92. The second-order valence-corrected chi connectivity index (χ2v) is 7.27. The predicted molar refractivity (Wildman–Crippen MR) is 103 cm³/mol. The Morgan fingerprint density at radius 1 is 1.38 bits per heavy atom. The van der Waals surface area contributed by atoms with Gasteiger partial charge >= 0.3 is 0 Å². The lowest BCUT2D eigenvalue weighted by atomic mass is 9.96. The van der Waals surface area contributed by atoms with Gasteiger partial charge in [0.05, 0.1) is 17.3 Å². The molecule has 2 aromatic rings. The lowest BCUT2D eigenvalue weighted by Crippen LogP contribution is -2.42. The first-order chi connectivity index (χ1) is 12.5. The summed E-state index contributed by atoms with van der Waals surface area (Å²) in [5.41, 5.74) is 0.849. The van der Waals surface area contributed by atoms with E-state index < -0.39 is 0 Å². The highest BCUT2D eigenvalue weighted by atomic mass is 35.5. The number of piperidine rings is 1. The minimum absolute atomic E-state index is 0.0463. The van der Waals surface area contributed by atoms with Gasteiger partial charge in [0.25, 0.3) is 0 Å². The number of hydrogen-bond donors (Lipinski definition) is 1. The van der Waals surface area contributed by atoms with E-state index in [1.807, 2.05) is 18.0 Å². The molecule has 1 fully saturated rings. The van der Waals surface area contributed by atoms with Crippen LogP contribution in [0.15, 0.2) is 24.4 Å². The second-order valence-electron chi connectivity index (χ2n) is 6.86. The van der Waals surface area contributed by atoms with Crippen LogP contribution >= 0.6 is 11.6 Å². The highest BCUT2D eigenvalue weighted by Crippen LogP contribution is 2.30. The van der Waals surface area contributed by atoms with E-state index in [1.54, 1.807) is 19.2 Å². The molecular formula is C19H24ClFN4O. The van der Waals surface area contributed by atoms with Crippen LogP contribution in [0.5, 0.6) is 0 Å². The molecule has 1 aromatic heterocycles. The van der Waals surface area contributed by atoms with E-state index in [2.05, 4.69) is 15.2 Å². The van der Waals surface area contributed by atoms with Crippen molar-refractivity contribution in [3.8, 4) is 0 Å². The molecule has 3 rings (SSSR count). The maximum absolute atomic E-state index is 14.9. The monoisotopic (exact) mass is 378 g/mol. The first-order valence-electron chi connectivity index (χ1n) is 8.86. The average Bonchev–Trinajstić information content (AvgIpc) is 2.64. The molecule has 7 heteroatoms. The third kappa shape index (κ3) is 4.07. The maximum Gasteiger partial charge on any atom is 0.233 e. The summed E-state index contributed by atoms with van der Waals surface area (Å²) in [6, 6.07) is 5.26. The van der Waals surface area contributed by atoms with Gasteiger partial charge in [-0.3, -0.25) is 14.7 Å². The smallest absolute Gasteiger partial charge is 0.233 e. The minimum Gasteiger partial charge on any atom is -0.372 e. The van der Waals surface area contributed by atoms with Gasteiger partial charge in [-0.05, 0) is 50.0 Å². The summed E-state index contributed by atoms with van der Waals surface area (Å²) in [5.74, 6) is 0.192. The third-order valence-electron chi connectivity index (χ3n) is 5.07. The van der Waals surface area contributed by atoms with E-state index in [0.29, 0.717) is 34.1 Å². The quantitative estimate of drug-likeness (QED) is 0.869. The zero-order valence-electron chi connectivity index (χ0n) is 15.1. The number of aromatic nitrogens is 1. The van der Waals surface area contributed by atoms with Crippen LogP contribution in [0, 0.1) is 11.7 Å². The van der Waals surface area contributed by atoms with Gasteiger partial charge in [0.1, 0.15) is 5.52 Å². The van der Waals surface area contributed by atoms with E-state index in [-0.39, 0.29) is 11.7 Å². The van der Waals surface area contributed by atoms with Crippen molar-refractivity contribution < 1.29 is 9.18 Å². The van der Waals surface area contributed by atoms with Crippen molar-refractivity contribution in [1.82, 2.24) is 15.2 Å². The van der Waals surface area contributed by atoms with Gasteiger partial charge in [0.15, 0.2) is 5.82 Å². The summed E-state index contributed by atoms with van der Waals surface area (Å²) >= 11 is 6.12. The molecule has 0 bridgehead atoms. The number of hydrogen-bond acceptors (Lipinski definition) is 4. The summed E-state index contributed by atoms with van der Waals surface area (Å²) < 4.78 is 14.9. The van der Waals surface area contributed by atoms with Gasteiger partial charge < -0.3 is 10.2 Å². The molecule has 1 aliphatic heterocycles. The SMILES string of the molecule is CNC(=O)CN1CCC(CN(C)c2ccc3c(Cl)ccnc3c2F)CC1. The van der Waals surface area contributed by atoms with Crippen LogP contribution in [0.2, 0.25) is 5.02 Å². The number of nitrogens with one attached hydrogen (secondary N) is 1. The Balaban J connectivity index is 1.64. The first-order valence-corrected chi connectivity index (χ1v) is 9.24. The minimum atomic E-state index is -0.329. The maximum atomic E-state index is 14.9. The zero-order valence-corrected chi connectivity index (χ0v) is 15.9. The zero-order chi connectivity index (χ0) is 18.7. The number of anilines is 1. The number of likely N-dealkylation sites (tertiary alicyclic amines) is 1. The summed E-state index contributed by atoms with van der Waals surface area (Å²) in [5, 5.41) is 3.79. The van der Waals surface area contributed by atoms with E-state index in [4.69, 9.17) is 11.6 Å². The van der Waals surface area contributed by atoms with Gasteiger partial charge in [0, 0.05) is 32.2 Å². The molecule has 0 atom stereocenters. The lowest BCUT2D eigenvalue weighted by Gasteiger charge is -2.34. The summed E-state index contributed by atoms with van der Waals surface area (Å²) in [6.07, 6.45) is 3.53. The van der Waals surface area contributed by atoms with Crippen LogP contribution in [0.3, 0.4) is 0 Å². The van der Waals surface area contributed by atoms with Gasteiger partial charge in [-0.1, -0.05) is 11.6 Å². The van der Waals surface area contributed by atoms with Crippen LogP contribution in [-0.2, 0) is 4.79 Å². The Bertz CT molecular complexity index is 792. The normalized spacial score (nSPS) is 16.0. The summed E-state index contributed by atoms with van der Waals surface area (Å²) in [7, 11) is 3.57. The number of amides is 1. The molecule has 1 saturated heterocycles. The molecule has 2 heterocycles. The molecule has 0 saturated carbocycles. The topological polar surface area (TPSA) is 48.5 Å². The van der Waals surface area contributed by atoms with E-state index in [0.717, 1.165) is 32.5 Å². The fraction of sp³-hybridized carbons (Fsp3) is 0.474. The average molecular weight is 379 g/mol. The number of likely N-dealkylation sites (N-methyl/N-ethyl adjacent to an activating group) is 1. The van der Waals surface area contributed by atoms with Crippen molar-refractivity contribution in [2.75, 3.05) is 45.2 Å². The molecule has 0 aliphatic carbocycles. The highest BCUT2D eigenvalue weighted by molar-refractivity contribution is 6.35. The van der Waals surface area contributed by atoms with E-state index in [9.17, 15) is 9.18 Å². The Kier molecular flexibility index (Phi) is 5.94. The molecule has 5 nitrogen and oxygen atoms in total. The Hall–Kier alpha value is -1.92. The number of pyridine rings is 1. The van der Waals surface area contributed by atoms with E-state index in [1.165, 1.54) is 6.20 Å². The number of carbonyl (C=O) groups is 1. The molecule has 0 unspecified atom stereocenters. The number of carbonyl (C=O) groups excluding carboxylic acids is 1. The highest BCUT2D eigenvalue weighted by Gasteiger charge is 2.23. The van der Waals surface area contributed by atoms with E-state index >= 15 is 0 Å². The second kappa shape index (κ2) is 8.18. The molecule has 0 radical (unpaired) electrons. The van der Waals surface area contributed by atoms with Crippen molar-refractivity contribution in [3.63, 3.8) is 0 Å². The third-order valence-corrected chi connectivity index (χ3v) is 5.40. The van der Waals surface area contributed by atoms with Crippen LogP contribution < -0.4 is 10.2 Å². The first kappa shape index (κ1) is 18.9. The van der Waals surface area contributed by atoms with Crippen molar-refractivity contribution in [3.05, 3.63) is 35.2 Å². The number of benzene rings is 1. The van der Waals surface area contributed by atoms with Gasteiger partial charge in [-0.15, -0.1) is 0 Å². The molecule has 0 spiro atoms. The van der Waals surface area contributed by atoms with Gasteiger partial charge in [0.2, 0.25) is 5.91 Å². The van der Waals surface area contributed by atoms with Crippen molar-refractivity contribution >= 4 is 34.1 Å². The Labute approximate surface area is 158 Å². The number of nitrogens with zero attached hydrogens (tertiary/aromatic N) is 3. The van der Waals surface area contributed by atoms with Crippen LogP contribution in [0.1, 0.15) is 12.8 Å². The fourth-order valence-corrected chi connectivity index (χ4v) is 3.74. The molecular weight excluding hydrogens is 355 g/mol. The summed E-state index contributed by atoms with van der Waals surface area (Å²) in [6.45, 7) is 3.01. The molecule has 140 valence electrons. The largest absolute Gasteiger partial charge is 0.372 e. The van der Waals surface area contributed by atoms with Crippen LogP contribution in [0.4, 0.5) is 10.1 Å². The fourth-order valence-electron chi connectivity index (χ4n) is 3.53. The number of rotatable bonds is 5. The molecule has 1 N–H and O–H groups in total. The molecule has 1 aromatic carbocycles. The van der Waals surface area contributed by atoms with Gasteiger partial charge in [-0.2, -0.15) is 0 Å². The Morgan fingerprint density at radius 3 is 2.81 bits per heavy atom. The van der Waals surface area contributed by atoms with Crippen molar-refractivity contribution in [2.45, 2.75) is 12.8 Å². The van der Waals surface area contributed by atoms with Crippen molar-refractivity contribution in [1.29, 1.82) is 0 Å². The Morgan fingerprint density at radius 2 is 2.12 bits per heavy atom. The van der Waals surface area contributed by atoms with Crippen LogP contribution in [-0.4, -0.2) is 56.1 Å².